The molecule has 2 aliphatic heterocycles. The zero-order chi connectivity index (χ0) is 15.4. The summed E-state index contributed by atoms with van der Waals surface area (Å²) in [5.41, 5.74) is 12.3. The van der Waals surface area contributed by atoms with E-state index in [4.69, 9.17) is 19.8 Å². The van der Waals surface area contributed by atoms with Crippen LogP contribution >= 0.6 is 10.6 Å². The van der Waals surface area contributed by atoms with Crippen LogP contribution in [0.15, 0.2) is 15.6 Å². The fourth-order valence-corrected chi connectivity index (χ4v) is 4.85. The van der Waals surface area contributed by atoms with Crippen LogP contribution in [0.4, 0.5) is 0 Å². The summed E-state index contributed by atoms with van der Waals surface area (Å²) in [6.07, 6.45) is -2.48. The van der Waals surface area contributed by atoms with Gasteiger partial charge in [-0.25, -0.2) is 14.6 Å². The Labute approximate surface area is 121 Å². The molecule has 3 rings (SSSR count). The standard InChI is InChI=1S/C11H15N3O6S/c12-4-1-2-5-6(3-4)21(11(13)14-5)19-9(17)7(15)8(16)10(18)20-21/h4,7-8,15-16H,1-3,12H2,(H2,13,14)/t4-,7?,8?/m0/s1. The van der Waals surface area contributed by atoms with Crippen molar-refractivity contribution in [3.05, 3.63) is 10.6 Å². The first-order valence-corrected chi connectivity index (χ1v) is 7.81. The molecule has 2 heterocycles. The van der Waals surface area contributed by atoms with Crippen LogP contribution in [0.25, 0.3) is 0 Å². The van der Waals surface area contributed by atoms with Gasteiger partial charge in [0.1, 0.15) is 0 Å². The Morgan fingerprint density at radius 3 is 2.33 bits per heavy atom. The summed E-state index contributed by atoms with van der Waals surface area (Å²) >= 11 is 0. The van der Waals surface area contributed by atoms with Crippen molar-refractivity contribution in [1.29, 1.82) is 0 Å². The molecular formula is C11H15N3O6S. The van der Waals surface area contributed by atoms with Gasteiger partial charge in [0.2, 0.25) is 5.17 Å². The van der Waals surface area contributed by atoms with Crippen LogP contribution in [-0.4, -0.2) is 45.6 Å². The van der Waals surface area contributed by atoms with Crippen LogP contribution in [0.3, 0.4) is 0 Å². The van der Waals surface area contributed by atoms with Gasteiger partial charge in [-0.2, -0.15) is 0 Å². The highest BCUT2D eigenvalue weighted by Crippen LogP contribution is 2.65. The highest BCUT2D eigenvalue weighted by Gasteiger charge is 2.51. The smallest absolute Gasteiger partial charge is 0.361 e. The Hall–Kier alpha value is -1.62. The van der Waals surface area contributed by atoms with E-state index in [2.05, 4.69) is 4.99 Å². The van der Waals surface area contributed by atoms with E-state index >= 15 is 0 Å². The number of allylic oxidation sites excluding steroid dienone is 1. The number of carbonyl (C=O) groups is 2. The van der Waals surface area contributed by atoms with Crippen molar-refractivity contribution in [2.24, 2.45) is 16.5 Å². The number of carbonyl (C=O) groups excluding carboxylic acids is 2. The molecule has 0 saturated carbocycles. The van der Waals surface area contributed by atoms with Crippen LogP contribution in [-0.2, 0) is 18.0 Å². The SMILES string of the molecule is NC1=NC2=C(C[C@@H](N)CC2)S12OC(=O)C(O)C(O)C(=O)O2. The minimum atomic E-state index is -3.07. The average Bonchev–Trinajstić information content (AvgIpc) is 2.65. The number of hydrogen-bond donors (Lipinski definition) is 4. The van der Waals surface area contributed by atoms with E-state index in [0.717, 1.165) is 0 Å². The predicted molar refractivity (Wildman–Crippen MR) is 72.3 cm³/mol. The molecule has 0 aromatic rings. The quantitative estimate of drug-likeness (QED) is 0.420. The second kappa shape index (κ2) is 4.70. The normalized spacial score (nSPS) is 42.6. The van der Waals surface area contributed by atoms with Gasteiger partial charge in [0.15, 0.2) is 12.2 Å². The molecule has 0 aromatic heterocycles. The molecule has 3 atom stereocenters. The van der Waals surface area contributed by atoms with Crippen LogP contribution in [0.2, 0.25) is 0 Å². The molecule has 9 nitrogen and oxygen atoms in total. The van der Waals surface area contributed by atoms with Crippen LogP contribution in [0.1, 0.15) is 19.3 Å². The Morgan fingerprint density at radius 1 is 1.19 bits per heavy atom. The molecule has 0 amide bonds. The first-order chi connectivity index (χ1) is 9.85. The zero-order valence-electron chi connectivity index (χ0n) is 10.9. The van der Waals surface area contributed by atoms with Crippen LogP contribution < -0.4 is 11.5 Å². The van der Waals surface area contributed by atoms with E-state index < -0.39 is 34.7 Å². The number of aliphatic hydroxyl groups excluding tert-OH is 2. The molecule has 1 spiro atoms. The summed E-state index contributed by atoms with van der Waals surface area (Å²) < 4.78 is 10.3. The lowest BCUT2D eigenvalue weighted by atomic mass is 10.0. The molecule has 3 aliphatic rings. The van der Waals surface area contributed by atoms with Gasteiger partial charge in [-0.05, 0) is 23.4 Å². The van der Waals surface area contributed by atoms with E-state index in [-0.39, 0.29) is 11.2 Å². The lowest BCUT2D eigenvalue weighted by Gasteiger charge is -2.39. The van der Waals surface area contributed by atoms with E-state index in [1.807, 2.05) is 0 Å². The largest absolute Gasteiger partial charge is 0.379 e. The zero-order valence-corrected chi connectivity index (χ0v) is 11.7. The Bertz CT molecular complexity index is 567. The second-order valence-corrected chi connectivity index (χ2v) is 7.27. The van der Waals surface area contributed by atoms with E-state index in [9.17, 15) is 19.8 Å². The van der Waals surface area contributed by atoms with Crippen molar-refractivity contribution in [2.75, 3.05) is 0 Å². The number of rotatable bonds is 0. The van der Waals surface area contributed by atoms with Crippen molar-refractivity contribution in [1.82, 2.24) is 0 Å². The molecule has 0 bridgehead atoms. The van der Waals surface area contributed by atoms with Crippen molar-refractivity contribution in [3.63, 3.8) is 0 Å². The van der Waals surface area contributed by atoms with E-state index in [1.165, 1.54) is 0 Å². The van der Waals surface area contributed by atoms with E-state index in [1.54, 1.807) is 0 Å². The number of hydrogen-bond acceptors (Lipinski definition) is 9. The summed E-state index contributed by atoms with van der Waals surface area (Å²) in [5.74, 6) is -2.34. The molecule has 116 valence electrons. The minimum Gasteiger partial charge on any atom is -0.379 e. The van der Waals surface area contributed by atoms with Crippen LogP contribution in [0, 0.1) is 0 Å². The number of aliphatic imine (C=N–C) groups is 1. The van der Waals surface area contributed by atoms with Gasteiger partial charge in [-0.1, -0.05) is 0 Å². The van der Waals surface area contributed by atoms with E-state index in [0.29, 0.717) is 29.9 Å². The monoisotopic (exact) mass is 317 g/mol. The van der Waals surface area contributed by atoms with Crippen LogP contribution in [0.5, 0.6) is 0 Å². The van der Waals surface area contributed by atoms with Crippen molar-refractivity contribution < 1.29 is 28.2 Å². The first kappa shape index (κ1) is 14.3. The fourth-order valence-electron chi connectivity index (χ4n) is 2.41. The van der Waals surface area contributed by atoms with Crippen molar-refractivity contribution in [2.45, 2.75) is 37.5 Å². The van der Waals surface area contributed by atoms with Gasteiger partial charge in [-0.15, -0.1) is 0 Å². The highest BCUT2D eigenvalue weighted by molar-refractivity contribution is 8.41. The maximum absolute atomic E-state index is 11.8. The van der Waals surface area contributed by atoms with Gasteiger partial charge in [0.05, 0.1) is 10.6 Å². The second-order valence-electron chi connectivity index (χ2n) is 5.02. The van der Waals surface area contributed by atoms with Crippen molar-refractivity contribution in [3.8, 4) is 0 Å². The third kappa shape index (κ3) is 2.02. The third-order valence-electron chi connectivity index (χ3n) is 3.55. The number of aliphatic hydroxyl groups is 2. The number of fused-ring (bicyclic) bond motifs is 1. The molecule has 1 saturated heterocycles. The molecule has 0 aromatic carbocycles. The van der Waals surface area contributed by atoms with Gasteiger partial charge in [0, 0.05) is 12.5 Å². The Morgan fingerprint density at radius 2 is 1.76 bits per heavy atom. The summed E-state index contributed by atoms with van der Waals surface area (Å²) in [7, 11) is -3.07. The van der Waals surface area contributed by atoms with Crippen molar-refractivity contribution >= 4 is 27.7 Å². The Balaban J connectivity index is 2.06. The molecule has 2 unspecified atom stereocenters. The summed E-state index contributed by atoms with van der Waals surface area (Å²) in [6, 6.07) is -0.190. The van der Waals surface area contributed by atoms with Gasteiger partial charge in [-0.3, -0.25) is 0 Å². The topological polar surface area (TPSA) is 157 Å². The average molecular weight is 317 g/mol. The first-order valence-electron chi connectivity index (χ1n) is 6.33. The molecule has 21 heavy (non-hydrogen) atoms. The lowest BCUT2D eigenvalue weighted by molar-refractivity contribution is -0.156. The molecular weight excluding hydrogens is 302 g/mol. The van der Waals surface area contributed by atoms with Gasteiger partial charge in [0.25, 0.3) is 0 Å². The number of amidine groups is 1. The predicted octanol–water partition coefficient (Wildman–Crippen LogP) is -1.51. The summed E-state index contributed by atoms with van der Waals surface area (Å²) in [5, 5.41) is 18.9. The summed E-state index contributed by atoms with van der Waals surface area (Å²) in [4.78, 5) is 28.2. The maximum atomic E-state index is 11.8. The molecule has 1 aliphatic carbocycles. The van der Waals surface area contributed by atoms with Gasteiger partial charge < -0.3 is 30.0 Å². The molecule has 0 radical (unpaired) electrons. The molecule has 6 N–H and O–H groups in total. The fraction of sp³-hybridized carbons (Fsp3) is 0.545. The summed E-state index contributed by atoms with van der Waals surface area (Å²) in [6.45, 7) is 0. The minimum absolute atomic E-state index is 0.135. The third-order valence-corrected chi connectivity index (χ3v) is 6.04. The van der Waals surface area contributed by atoms with Gasteiger partial charge >= 0.3 is 11.9 Å². The lowest BCUT2D eigenvalue weighted by Crippen LogP contribution is -2.38. The molecule has 1 fully saturated rings. The number of nitrogens with two attached hydrogens (primary N) is 2. The Kier molecular flexibility index (Phi) is 3.20. The highest BCUT2D eigenvalue weighted by atomic mass is 32.3. The maximum Gasteiger partial charge on any atom is 0.361 e. The molecule has 10 heteroatoms. The number of nitrogens with zero attached hydrogens (tertiary/aromatic N) is 1.